The molecule has 1 N–H and O–H groups in total. The van der Waals surface area contributed by atoms with Crippen LogP contribution in [0.3, 0.4) is 0 Å². The van der Waals surface area contributed by atoms with Gasteiger partial charge in [0.05, 0.1) is 6.20 Å². The van der Waals surface area contributed by atoms with Crippen LogP contribution in [-0.4, -0.2) is 41.5 Å². The van der Waals surface area contributed by atoms with Gasteiger partial charge >= 0.3 is 0 Å². The van der Waals surface area contributed by atoms with Gasteiger partial charge in [0, 0.05) is 17.6 Å². The molecule has 2 aromatic rings. The fraction of sp³-hybridized carbons (Fsp3) is 0.412. The van der Waals surface area contributed by atoms with Gasteiger partial charge in [0.15, 0.2) is 0 Å². The number of fused-ring (bicyclic) bond motifs is 3. The Hall–Kier alpha value is -1.63. The first-order valence-electron chi connectivity index (χ1n) is 8.10. The molecule has 1 amide bonds. The third-order valence-electron chi connectivity index (χ3n) is 4.70. The van der Waals surface area contributed by atoms with Crippen LogP contribution in [0.4, 0.5) is 0 Å². The molecule has 5 nitrogen and oxygen atoms in total. The zero-order valence-electron chi connectivity index (χ0n) is 13.1. The molecule has 0 unspecified atom stereocenters. The maximum atomic E-state index is 12.5. The average molecular weight is 364 g/mol. The fourth-order valence-corrected chi connectivity index (χ4v) is 4.20. The van der Waals surface area contributed by atoms with E-state index < -0.39 is 0 Å². The molecule has 3 aliphatic rings. The van der Waals surface area contributed by atoms with Gasteiger partial charge in [-0.25, -0.2) is 4.98 Å². The summed E-state index contributed by atoms with van der Waals surface area (Å²) in [6.07, 6.45) is 3.93. The number of halogens is 1. The van der Waals surface area contributed by atoms with E-state index >= 15 is 0 Å². The molecule has 3 aliphatic heterocycles. The zero-order valence-corrected chi connectivity index (χ0v) is 14.6. The molecular weight excluding hydrogens is 346 g/mol. The number of carbonyl (C=O) groups excluding carboxylic acids is 1. The minimum Gasteiger partial charge on any atom is -0.431 e. The Labute approximate surface area is 149 Å². The van der Waals surface area contributed by atoms with E-state index in [1.807, 2.05) is 0 Å². The first-order chi connectivity index (χ1) is 11.7. The molecule has 126 valence electrons. The van der Waals surface area contributed by atoms with Gasteiger partial charge in [-0.3, -0.25) is 4.79 Å². The Balaban J connectivity index is 1.39. The van der Waals surface area contributed by atoms with Crippen LogP contribution in [0.1, 0.15) is 22.5 Å². The van der Waals surface area contributed by atoms with E-state index in [0.717, 1.165) is 19.6 Å². The van der Waals surface area contributed by atoms with Crippen LogP contribution in [0.15, 0.2) is 30.5 Å². The third-order valence-corrected chi connectivity index (χ3v) is 5.83. The predicted octanol–water partition coefficient (Wildman–Crippen LogP) is 3.41. The molecule has 3 fully saturated rings. The molecule has 7 heteroatoms. The molecule has 1 atom stereocenters. The zero-order chi connectivity index (χ0) is 16.5. The maximum Gasteiger partial charge on any atom is 0.279 e. The van der Waals surface area contributed by atoms with Gasteiger partial charge < -0.3 is 15.0 Å². The quantitative estimate of drug-likeness (QED) is 0.904. The molecule has 4 heterocycles. The number of ether oxygens (including phenoxy) is 1. The van der Waals surface area contributed by atoms with Gasteiger partial charge in [-0.15, -0.1) is 0 Å². The summed E-state index contributed by atoms with van der Waals surface area (Å²) in [7, 11) is 0. The van der Waals surface area contributed by atoms with Crippen LogP contribution in [0.25, 0.3) is 0 Å². The van der Waals surface area contributed by atoms with Crippen molar-refractivity contribution in [2.75, 3.05) is 19.6 Å². The largest absolute Gasteiger partial charge is 0.431 e. The van der Waals surface area contributed by atoms with Crippen molar-refractivity contribution in [3.05, 3.63) is 40.4 Å². The summed E-state index contributed by atoms with van der Waals surface area (Å²) in [5.74, 6) is 1.20. The van der Waals surface area contributed by atoms with Crippen molar-refractivity contribution >= 4 is 28.8 Å². The van der Waals surface area contributed by atoms with E-state index in [1.54, 1.807) is 30.5 Å². The lowest BCUT2D eigenvalue weighted by Gasteiger charge is -2.44. The lowest BCUT2D eigenvalue weighted by molar-refractivity contribution is 0.0622. The molecule has 24 heavy (non-hydrogen) atoms. The first-order valence-corrected chi connectivity index (χ1v) is 9.29. The highest BCUT2D eigenvalue weighted by molar-refractivity contribution is 7.15. The Bertz CT molecular complexity index is 726. The topological polar surface area (TPSA) is 54.5 Å². The van der Waals surface area contributed by atoms with E-state index in [9.17, 15) is 4.79 Å². The number of aromatic nitrogens is 1. The van der Waals surface area contributed by atoms with Crippen LogP contribution in [0, 0.1) is 5.92 Å². The van der Waals surface area contributed by atoms with E-state index in [1.165, 1.54) is 24.2 Å². The molecule has 1 aromatic heterocycles. The number of hydrogen-bond acceptors (Lipinski definition) is 5. The summed E-state index contributed by atoms with van der Waals surface area (Å²) in [5.41, 5.74) is 0. The van der Waals surface area contributed by atoms with Gasteiger partial charge in [0.1, 0.15) is 10.6 Å². The lowest BCUT2D eigenvalue weighted by atomic mass is 9.84. The molecule has 5 rings (SSSR count). The van der Waals surface area contributed by atoms with Crippen molar-refractivity contribution in [1.82, 2.24) is 15.2 Å². The van der Waals surface area contributed by atoms with Crippen molar-refractivity contribution in [2.45, 2.75) is 18.9 Å². The Morgan fingerprint density at radius 3 is 2.71 bits per heavy atom. The number of amides is 1. The number of rotatable bonds is 4. The van der Waals surface area contributed by atoms with E-state index in [0.29, 0.717) is 26.8 Å². The van der Waals surface area contributed by atoms with Crippen LogP contribution in [0.5, 0.6) is 10.9 Å². The molecule has 0 aliphatic carbocycles. The summed E-state index contributed by atoms with van der Waals surface area (Å²) in [5, 5.41) is 4.27. The summed E-state index contributed by atoms with van der Waals surface area (Å²) in [4.78, 5) is 19.7. The molecule has 0 saturated carbocycles. The highest BCUT2D eigenvalue weighted by Gasteiger charge is 2.35. The number of thiazole rings is 1. The van der Waals surface area contributed by atoms with E-state index in [-0.39, 0.29) is 11.9 Å². The Kier molecular flexibility index (Phi) is 4.43. The SMILES string of the molecule is O=C(N[C@H]1CN2CCC1CC2)c1cnc(Oc2ccc(Cl)cc2)s1. The summed E-state index contributed by atoms with van der Waals surface area (Å²) < 4.78 is 5.66. The van der Waals surface area contributed by atoms with Crippen molar-refractivity contribution < 1.29 is 9.53 Å². The monoisotopic (exact) mass is 363 g/mol. The smallest absolute Gasteiger partial charge is 0.279 e. The lowest BCUT2D eigenvalue weighted by Crippen LogP contribution is -2.57. The van der Waals surface area contributed by atoms with Crippen molar-refractivity contribution in [3.8, 4) is 10.9 Å². The molecule has 1 aromatic carbocycles. The van der Waals surface area contributed by atoms with Crippen LogP contribution < -0.4 is 10.1 Å². The summed E-state index contributed by atoms with van der Waals surface area (Å²) in [6.45, 7) is 3.29. The first kappa shape index (κ1) is 15.9. The number of nitrogens with zero attached hydrogens (tertiary/aromatic N) is 2. The number of carbonyl (C=O) groups is 1. The second kappa shape index (κ2) is 6.70. The normalized spacial score (nSPS) is 25.5. The fourth-order valence-electron chi connectivity index (χ4n) is 3.38. The highest BCUT2D eigenvalue weighted by Crippen LogP contribution is 2.30. The van der Waals surface area contributed by atoms with Crippen LogP contribution in [-0.2, 0) is 0 Å². The second-order valence-corrected chi connectivity index (χ2v) is 7.69. The van der Waals surface area contributed by atoms with Crippen LogP contribution in [0.2, 0.25) is 5.02 Å². The van der Waals surface area contributed by atoms with Crippen molar-refractivity contribution in [3.63, 3.8) is 0 Å². The average Bonchev–Trinajstić information content (AvgIpc) is 3.07. The number of nitrogens with one attached hydrogen (secondary N) is 1. The second-order valence-electron chi connectivity index (χ2n) is 6.26. The van der Waals surface area contributed by atoms with Crippen molar-refractivity contribution in [1.29, 1.82) is 0 Å². The number of piperidine rings is 3. The van der Waals surface area contributed by atoms with Gasteiger partial charge in [-0.2, -0.15) is 0 Å². The van der Waals surface area contributed by atoms with E-state index in [2.05, 4.69) is 15.2 Å². The number of benzene rings is 1. The van der Waals surface area contributed by atoms with Gasteiger partial charge in [-0.1, -0.05) is 22.9 Å². The van der Waals surface area contributed by atoms with E-state index in [4.69, 9.17) is 16.3 Å². The summed E-state index contributed by atoms with van der Waals surface area (Å²) >= 11 is 7.11. The summed E-state index contributed by atoms with van der Waals surface area (Å²) in [6, 6.07) is 7.31. The van der Waals surface area contributed by atoms with Gasteiger partial charge in [-0.05, 0) is 56.1 Å². The molecule has 0 spiro atoms. The molecule has 0 radical (unpaired) electrons. The Morgan fingerprint density at radius 1 is 1.29 bits per heavy atom. The molecular formula is C17H18ClN3O2S. The third kappa shape index (κ3) is 3.41. The molecule has 2 bridgehead atoms. The highest BCUT2D eigenvalue weighted by atomic mass is 35.5. The van der Waals surface area contributed by atoms with Crippen LogP contribution >= 0.6 is 22.9 Å². The minimum atomic E-state index is -0.0581. The van der Waals surface area contributed by atoms with Gasteiger partial charge in [0.2, 0.25) is 0 Å². The minimum absolute atomic E-state index is 0.0581. The maximum absolute atomic E-state index is 12.5. The predicted molar refractivity (Wildman–Crippen MR) is 94.1 cm³/mol. The Morgan fingerprint density at radius 2 is 2.04 bits per heavy atom. The number of hydrogen-bond donors (Lipinski definition) is 1. The van der Waals surface area contributed by atoms with Crippen molar-refractivity contribution in [2.24, 2.45) is 5.92 Å². The molecule has 3 saturated heterocycles. The van der Waals surface area contributed by atoms with Gasteiger partial charge in [0.25, 0.3) is 11.1 Å². The standard InChI is InChI=1S/C17H18ClN3O2S/c18-12-1-3-13(4-2-12)23-17-19-9-15(24-17)16(22)20-14-10-21-7-5-11(14)6-8-21/h1-4,9,11,14H,5-8,10H2,(H,20,22)/t14-/m0/s1.